The number of methoxy groups -OCH3 is 1. The summed E-state index contributed by atoms with van der Waals surface area (Å²) in [7, 11) is 1.51. The van der Waals surface area contributed by atoms with Crippen molar-refractivity contribution in [2.24, 2.45) is 0 Å². The molecule has 0 spiro atoms. The van der Waals surface area contributed by atoms with Gasteiger partial charge in [-0.25, -0.2) is 4.98 Å². The predicted octanol–water partition coefficient (Wildman–Crippen LogP) is 0.421. The van der Waals surface area contributed by atoms with E-state index >= 15 is 0 Å². The molecule has 2 rings (SSSR count). The third-order valence-corrected chi connectivity index (χ3v) is 1.68. The van der Waals surface area contributed by atoms with Crippen LogP contribution in [0.3, 0.4) is 0 Å². The largest absolute Gasteiger partial charge is 0.481 e. The topological polar surface area (TPSA) is 60.5 Å². The lowest BCUT2D eigenvalue weighted by Crippen LogP contribution is -2.25. The number of nitrogens with one attached hydrogen (secondary N) is 1. The number of hydrogen-bond donors (Lipinski definition) is 1. The molecule has 13 heavy (non-hydrogen) atoms. The van der Waals surface area contributed by atoms with Crippen LogP contribution < -0.4 is 14.8 Å². The monoisotopic (exact) mass is 180 g/mol. The number of amides is 1. The van der Waals surface area contributed by atoms with Gasteiger partial charge in [-0.3, -0.25) is 4.79 Å². The summed E-state index contributed by atoms with van der Waals surface area (Å²) < 4.78 is 10.0. The molecule has 0 fully saturated rings. The predicted molar refractivity (Wildman–Crippen MR) is 44.9 cm³/mol. The second-order valence-electron chi connectivity index (χ2n) is 2.56. The molecule has 0 radical (unpaired) electrons. The first kappa shape index (κ1) is 7.85. The molecule has 68 valence electrons. The SMILES string of the molecule is COc1cc2c(cn1)OCC(=O)N2. The lowest BCUT2D eigenvalue weighted by molar-refractivity contribution is -0.118. The smallest absolute Gasteiger partial charge is 0.262 e. The molecule has 0 saturated carbocycles. The van der Waals surface area contributed by atoms with Crippen molar-refractivity contribution >= 4 is 11.6 Å². The Kier molecular flexibility index (Phi) is 1.77. The van der Waals surface area contributed by atoms with E-state index in [1.54, 1.807) is 6.07 Å². The van der Waals surface area contributed by atoms with Gasteiger partial charge < -0.3 is 14.8 Å². The van der Waals surface area contributed by atoms with Crippen molar-refractivity contribution in [2.75, 3.05) is 19.0 Å². The van der Waals surface area contributed by atoms with Crippen LogP contribution in [0.2, 0.25) is 0 Å². The number of fused-ring (bicyclic) bond motifs is 1. The van der Waals surface area contributed by atoms with Crippen LogP contribution in [-0.2, 0) is 4.79 Å². The highest BCUT2D eigenvalue weighted by Gasteiger charge is 2.16. The van der Waals surface area contributed by atoms with Crippen molar-refractivity contribution in [3.05, 3.63) is 12.3 Å². The van der Waals surface area contributed by atoms with Gasteiger partial charge in [0.05, 0.1) is 19.0 Å². The highest BCUT2D eigenvalue weighted by molar-refractivity contribution is 5.95. The zero-order valence-corrected chi connectivity index (χ0v) is 7.03. The fourth-order valence-electron chi connectivity index (χ4n) is 1.08. The summed E-state index contributed by atoms with van der Waals surface area (Å²) in [6.07, 6.45) is 1.52. The number of carbonyl (C=O) groups is 1. The van der Waals surface area contributed by atoms with Crippen LogP contribution in [0.15, 0.2) is 12.3 Å². The summed E-state index contributed by atoms with van der Waals surface area (Å²) >= 11 is 0. The maximum Gasteiger partial charge on any atom is 0.262 e. The first-order valence-electron chi connectivity index (χ1n) is 3.76. The van der Waals surface area contributed by atoms with E-state index < -0.39 is 0 Å². The summed E-state index contributed by atoms with van der Waals surface area (Å²) in [4.78, 5) is 14.9. The average molecular weight is 180 g/mol. The number of nitrogens with zero attached hydrogens (tertiary/aromatic N) is 1. The highest BCUT2D eigenvalue weighted by Crippen LogP contribution is 2.28. The molecule has 1 aliphatic heterocycles. The molecule has 0 aromatic carbocycles. The Morgan fingerprint density at radius 3 is 3.31 bits per heavy atom. The third-order valence-electron chi connectivity index (χ3n) is 1.68. The molecular formula is C8H8N2O3. The van der Waals surface area contributed by atoms with Crippen LogP contribution >= 0.6 is 0 Å². The minimum Gasteiger partial charge on any atom is -0.481 e. The zero-order valence-electron chi connectivity index (χ0n) is 7.03. The van der Waals surface area contributed by atoms with E-state index in [2.05, 4.69) is 10.3 Å². The number of carbonyl (C=O) groups excluding carboxylic acids is 1. The molecule has 0 unspecified atom stereocenters. The fourth-order valence-corrected chi connectivity index (χ4v) is 1.08. The third kappa shape index (κ3) is 1.40. The number of aromatic nitrogens is 1. The van der Waals surface area contributed by atoms with Gasteiger partial charge in [0.25, 0.3) is 5.91 Å². The lowest BCUT2D eigenvalue weighted by Gasteiger charge is -2.17. The molecule has 2 heterocycles. The zero-order chi connectivity index (χ0) is 9.26. The van der Waals surface area contributed by atoms with Crippen LogP contribution in [0.1, 0.15) is 0 Å². The van der Waals surface area contributed by atoms with Crippen molar-refractivity contribution in [3.63, 3.8) is 0 Å². The molecular weight excluding hydrogens is 172 g/mol. The van der Waals surface area contributed by atoms with Gasteiger partial charge in [0.1, 0.15) is 0 Å². The second-order valence-corrected chi connectivity index (χ2v) is 2.56. The normalized spacial score (nSPS) is 14.1. The number of hydrogen-bond acceptors (Lipinski definition) is 4. The Labute approximate surface area is 74.7 Å². The standard InChI is InChI=1S/C8H8N2O3/c1-12-8-2-5-6(3-9-8)13-4-7(11)10-5/h2-3H,4H2,1H3,(H,10,11). The van der Waals surface area contributed by atoms with E-state index in [0.717, 1.165) is 0 Å². The van der Waals surface area contributed by atoms with Crippen LogP contribution in [-0.4, -0.2) is 24.6 Å². The first-order chi connectivity index (χ1) is 6.29. The molecule has 0 atom stereocenters. The Morgan fingerprint density at radius 1 is 1.69 bits per heavy atom. The summed E-state index contributed by atoms with van der Waals surface area (Å²) in [5.74, 6) is 0.853. The lowest BCUT2D eigenvalue weighted by atomic mass is 10.3. The van der Waals surface area contributed by atoms with Crippen molar-refractivity contribution in [1.29, 1.82) is 0 Å². The minimum atomic E-state index is -0.166. The highest BCUT2D eigenvalue weighted by atomic mass is 16.5. The minimum absolute atomic E-state index is 0.0427. The van der Waals surface area contributed by atoms with Crippen molar-refractivity contribution in [3.8, 4) is 11.6 Å². The van der Waals surface area contributed by atoms with E-state index in [0.29, 0.717) is 17.3 Å². The summed E-state index contributed by atoms with van der Waals surface area (Å²) in [5, 5.41) is 2.65. The molecule has 5 heteroatoms. The maximum atomic E-state index is 10.9. The molecule has 0 saturated heterocycles. The van der Waals surface area contributed by atoms with Gasteiger partial charge in [0, 0.05) is 6.07 Å². The second kappa shape index (κ2) is 2.93. The Morgan fingerprint density at radius 2 is 2.54 bits per heavy atom. The van der Waals surface area contributed by atoms with Crippen LogP contribution in [0.4, 0.5) is 5.69 Å². The van der Waals surface area contributed by atoms with Crippen molar-refractivity contribution in [2.45, 2.75) is 0 Å². The average Bonchev–Trinajstić information content (AvgIpc) is 2.16. The Bertz CT molecular complexity index is 351. The molecule has 1 aromatic heterocycles. The molecule has 1 N–H and O–H groups in total. The fraction of sp³-hybridized carbons (Fsp3) is 0.250. The molecule has 5 nitrogen and oxygen atoms in total. The number of pyridine rings is 1. The number of rotatable bonds is 1. The molecule has 0 aliphatic carbocycles. The van der Waals surface area contributed by atoms with Gasteiger partial charge in [-0.15, -0.1) is 0 Å². The van der Waals surface area contributed by atoms with Crippen LogP contribution in [0, 0.1) is 0 Å². The van der Waals surface area contributed by atoms with Crippen molar-refractivity contribution < 1.29 is 14.3 Å². The maximum absolute atomic E-state index is 10.9. The van der Waals surface area contributed by atoms with Gasteiger partial charge in [-0.2, -0.15) is 0 Å². The summed E-state index contributed by atoms with van der Waals surface area (Å²) in [6.45, 7) is 0.0427. The van der Waals surface area contributed by atoms with E-state index in [1.165, 1.54) is 13.3 Å². The van der Waals surface area contributed by atoms with Crippen LogP contribution in [0.25, 0.3) is 0 Å². The van der Waals surface area contributed by atoms with Crippen molar-refractivity contribution in [1.82, 2.24) is 4.98 Å². The number of anilines is 1. The van der Waals surface area contributed by atoms with E-state index in [1.807, 2.05) is 0 Å². The molecule has 1 amide bonds. The van der Waals surface area contributed by atoms with Gasteiger partial charge in [0.2, 0.25) is 5.88 Å². The molecule has 1 aromatic rings. The van der Waals surface area contributed by atoms with Gasteiger partial charge in [-0.1, -0.05) is 0 Å². The quantitative estimate of drug-likeness (QED) is 0.680. The number of ether oxygens (including phenoxy) is 2. The first-order valence-corrected chi connectivity index (χ1v) is 3.76. The molecule has 1 aliphatic rings. The summed E-state index contributed by atoms with van der Waals surface area (Å²) in [6, 6.07) is 1.62. The van der Waals surface area contributed by atoms with E-state index in [4.69, 9.17) is 9.47 Å². The summed E-state index contributed by atoms with van der Waals surface area (Å²) in [5.41, 5.74) is 0.600. The van der Waals surface area contributed by atoms with Crippen LogP contribution in [0.5, 0.6) is 11.6 Å². The molecule has 0 bridgehead atoms. The Balaban J connectivity index is 2.38. The Hall–Kier alpha value is -1.78. The van der Waals surface area contributed by atoms with E-state index in [-0.39, 0.29) is 12.5 Å². The van der Waals surface area contributed by atoms with Gasteiger partial charge in [0.15, 0.2) is 12.4 Å². The van der Waals surface area contributed by atoms with E-state index in [9.17, 15) is 4.79 Å². The van der Waals surface area contributed by atoms with Gasteiger partial charge in [-0.05, 0) is 0 Å². The van der Waals surface area contributed by atoms with Gasteiger partial charge >= 0.3 is 0 Å².